The van der Waals surface area contributed by atoms with Crippen LogP contribution in [0.4, 0.5) is 0 Å². The van der Waals surface area contributed by atoms with Gasteiger partial charge in [-0.2, -0.15) is 0 Å². The smallest absolute Gasteiger partial charge is 0.274 e. The Morgan fingerprint density at radius 2 is 1.89 bits per heavy atom. The van der Waals surface area contributed by atoms with E-state index in [-0.39, 0.29) is 5.56 Å². The number of hydrogen-bond donors (Lipinski definition) is 1. The number of H-pyrrole nitrogens is 1. The molecule has 0 spiro atoms. The largest absolute Gasteiger partial charge is 0.295 e. The lowest BCUT2D eigenvalue weighted by atomic mass is 9.98. The summed E-state index contributed by atoms with van der Waals surface area (Å²) in [7, 11) is 0. The average Bonchev–Trinajstić information content (AvgIpc) is 2.71. The van der Waals surface area contributed by atoms with Gasteiger partial charge in [-0.15, -0.1) is 0 Å². The van der Waals surface area contributed by atoms with Crippen LogP contribution in [0.3, 0.4) is 0 Å². The standard InChI is InChI=1S/C13H12Cl2N2O/c14-10-6-5-8(7-11(10)15)17-13(18)9-3-1-2-4-12(9)16-17/h5-7,16H,1-4H2. The van der Waals surface area contributed by atoms with Crippen LogP contribution >= 0.6 is 23.2 Å². The Morgan fingerprint density at radius 3 is 2.61 bits per heavy atom. The molecule has 0 saturated heterocycles. The van der Waals surface area contributed by atoms with Gasteiger partial charge >= 0.3 is 0 Å². The van der Waals surface area contributed by atoms with Crippen LogP contribution in [0.25, 0.3) is 5.69 Å². The van der Waals surface area contributed by atoms with Crippen molar-refractivity contribution in [3.8, 4) is 5.69 Å². The van der Waals surface area contributed by atoms with Gasteiger partial charge in [-0.3, -0.25) is 9.89 Å². The van der Waals surface area contributed by atoms with Gasteiger partial charge < -0.3 is 0 Å². The molecular weight excluding hydrogens is 271 g/mol. The quantitative estimate of drug-likeness (QED) is 0.856. The van der Waals surface area contributed by atoms with E-state index in [1.807, 2.05) is 0 Å². The van der Waals surface area contributed by atoms with Crippen molar-refractivity contribution < 1.29 is 0 Å². The molecule has 0 aliphatic heterocycles. The lowest BCUT2D eigenvalue weighted by Gasteiger charge is -2.07. The minimum absolute atomic E-state index is 0.0306. The Bertz CT molecular complexity index is 657. The molecule has 0 saturated carbocycles. The summed E-state index contributed by atoms with van der Waals surface area (Å²) >= 11 is 11.9. The molecule has 0 bridgehead atoms. The fraction of sp³-hybridized carbons (Fsp3) is 0.308. The summed E-state index contributed by atoms with van der Waals surface area (Å²) in [6.45, 7) is 0. The number of benzene rings is 1. The second-order valence-corrected chi connectivity index (χ2v) is 5.33. The molecule has 0 atom stereocenters. The van der Waals surface area contributed by atoms with Gasteiger partial charge in [0.15, 0.2) is 0 Å². The van der Waals surface area contributed by atoms with Crippen LogP contribution in [0.15, 0.2) is 23.0 Å². The molecule has 1 aliphatic rings. The van der Waals surface area contributed by atoms with Crippen LogP contribution in [-0.2, 0) is 12.8 Å². The number of aromatic amines is 1. The van der Waals surface area contributed by atoms with Crippen molar-refractivity contribution in [1.29, 1.82) is 0 Å². The van der Waals surface area contributed by atoms with E-state index in [4.69, 9.17) is 23.2 Å². The predicted molar refractivity (Wildman–Crippen MR) is 73.1 cm³/mol. The third kappa shape index (κ3) is 1.88. The summed E-state index contributed by atoms with van der Waals surface area (Å²) in [5.74, 6) is 0. The molecule has 0 radical (unpaired) electrons. The highest BCUT2D eigenvalue weighted by atomic mass is 35.5. The van der Waals surface area contributed by atoms with Crippen molar-refractivity contribution in [1.82, 2.24) is 9.78 Å². The second kappa shape index (κ2) is 4.48. The van der Waals surface area contributed by atoms with E-state index in [1.54, 1.807) is 22.9 Å². The Kier molecular flexibility index (Phi) is 2.96. The molecule has 3 rings (SSSR count). The number of nitrogens with one attached hydrogen (secondary N) is 1. The van der Waals surface area contributed by atoms with Crippen molar-refractivity contribution in [3.63, 3.8) is 0 Å². The van der Waals surface area contributed by atoms with E-state index in [9.17, 15) is 4.79 Å². The molecule has 5 heteroatoms. The lowest BCUT2D eigenvalue weighted by Crippen LogP contribution is -2.18. The van der Waals surface area contributed by atoms with Crippen molar-refractivity contribution in [2.75, 3.05) is 0 Å². The number of aryl methyl sites for hydroxylation is 1. The Hall–Kier alpha value is -1.19. The minimum atomic E-state index is 0.0306. The Labute approximate surface area is 114 Å². The third-order valence-electron chi connectivity index (χ3n) is 3.34. The summed E-state index contributed by atoms with van der Waals surface area (Å²) in [6.07, 6.45) is 4.02. The van der Waals surface area contributed by atoms with Gasteiger partial charge in [0.05, 0.1) is 15.7 Å². The van der Waals surface area contributed by atoms with Crippen LogP contribution < -0.4 is 5.56 Å². The molecule has 1 aromatic carbocycles. The van der Waals surface area contributed by atoms with Gasteiger partial charge in [0, 0.05) is 11.3 Å². The molecular formula is C13H12Cl2N2O. The van der Waals surface area contributed by atoms with Gasteiger partial charge in [-0.05, 0) is 43.9 Å². The van der Waals surface area contributed by atoms with Gasteiger partial charge in [-0.1, -0.05) is 23.2 Å². The monoisotopic (exact) mass is 282 g/mol. The predicted octanol–water partition coefficient (Wildman–Crippen LogP) is 3.35. The summed E-state index contributed by atoms with van der Waals surface area (Å²) in [5.41, 5.74) is 2.72. The second-order valence-electron chi connectivity index (χ2n) is 4.51. The molecule has 1 N–H and O–H groups in total. The van der Waals surface area contributed by atoms with Crippen LogP contribution in [0.1, 0.15) is 24.1 Å². The van der Waals surface area contributed by atoms with E-state index in [1.165, 1.54) is 0 Å². The highest BCUT2D eigenvalue weighted by Gasteiger charge is 2.18. The van der Waals surface area contributed by atoms with Crippen LogP contribution in [-0.4, -0.2) is 9.78 Å². The van der Waals surface area contributed by atoms with E-state index >= 15 is 0 Å². The number of nitrogens with zero attached hydrogens (tertiary/aromatic N) is 1. The first kappa shape index (κ1) is 11.9. The van der Waals surface area contributed by atoms with E-state index in [0.717, 1.165) is 42.6 Å². The minimum Gasteiger partial charge on any atom is -0.295 e. The van der Waals surface area contributed by atoms with E-state index in [2.05, 4.69) is 5.10 Å². The van der Waals surface area contributed by atoms with E-state index in [0.29, 0.717) is 10.0 Å². The molecule has 0 fully saturated rings. The number of halogens is 2. The van der Waals surface area contributed by atoms with Crippen LogP contribution in [0.2, 0.25) is 10.0 Å². The van der Waals surface area contributed by atoms with Crippen LogP contribution in [0, 0.1) is 0 Å². The number of fused-ring (bicyclic) bond motifs is 1. The summed E-state index contributed by atoms with van der Waals surface area (Å²) in [5, 5.41) is 4.11. The summed E-state index contributed by atoms with van der Waals surface area (Å²) in [6, 6.07) is 5.19. The number of rotatable bonds is 1. The van der Waals surface area contributed by atoms with Crippen molar-refractivity contribution in [2.24, 2.45) is 0 Å². The maximum absolute atomic E-state index is 12.3. The van der Waals surface area contributed by atoms with Crippen molar-refractivity contribution in [2.45, 2.75) is 25.7 Å². The molecule has 0 unspecified atom stereocenters. The maximum atomic E-state index is 12.3. The topological polar surface area (TPSA) is 37.8 Å². The number of hydrogen-bond acceptors (Lipinski definition) is 1. The normalized spacial score (nSPS) is 14.6. The van der Waals surface area contributed by atoms with Gasteiger partial charge in [0.1, 0.15) is 0 Å². The zero-order chi connectivity index (χ0) is 12.7. The van der Waals surface area contributed by atoms with Gasteiger partial charge in [-0.25, -0.2) is 4.68 Å². The van der Waals surface area contributed by atoms with Gasteiger partial charge in [0.25, 0.3) is 5.56 Å². The highest BCUT2D eigenvalue weighted by molar-refractivity contribution is 6.42. The fourth-order valence-corrected chi connectivity index (χ4v) is 2.68. The highest BCUT2D eigenvalue weighted by Crippen LogP contribution is 2.24. The molecule has 1 aliphatic carbocycles. The lowest BCUT2D eigenvalue weighted by molar-refractivity contribution is 0.671. The molecule has 18 heavy (non-hydrogen) atoms. The molecule has 2 aromatic rings. The maximum Gasteiger partial charge on any atom is 0.274 e. The van der Waals surface area contributed by atoms with Gasteiger partial charge in [0.2, 0.25) is 0 Å². The first-order valence-electron chi connectivity index (χ1n) is 5.95. The molecule has 3 nitrogen and oxygen atoms in total. The molecule has 0 amide bonds. The average molecular weight is 283 g/mol. The molecule has 1 aromatic heterocycles. The summed E-state index contributed by atoms with van der Waals surface area (Å²) < 4.78 is 1.55. The zero-order valence-corrected chi connectivity index (χ0v) is 11.2. The fourth-order valence-electron chi connectivity index (χ4n) is 2.39. The number of aromatic nitrogens is 2. The zero-order valence-electron chi connectivity index (χ0n) is 9.67. The molecule has 94 valence electrons. The first-order chi connectivity index (χ1) is 8.66. The Morgan fingerprint density at radius 1 is 1.11 bits per heavy atom. The van der Waals surface area contributed by atoms with Crippen molar-refractivity contribution in [3.05, 3.63) is 49.9 Å². The Balaban J connectivity index is 2.14. The SMILES string of the molecule is O=c1c2c([nH]n1-c1ccc(Cl)c(Cl)c1)CCCC2. The molecule has 1 heterocycles. The summed E-state index contributed by atoms with van der Waals surface area (Å²) in [4.78, 5) is 12.3. The van der Waals surface area contributed by atoms with Crippen LogP contribution in [0.5, 0.6) is 0 Å². The third-order valence-corrected chi connectivity index (χ3v) is 4.08. The van der Waals surface area contributed by atoms with E-state index < -0.39 is 0 Å². The van der Waals surface area contributed by atoms with Crippen molar-refractivity contribution >= 4 is 23.2 Å². The first-order valence-corrected chi connectivity index (χ1v) is 6.70.